The quantitative estimate of drug-likeness (QED) is 0.845. The number of pyridine rings is 1. The van der Waals surface area contributed by atoms with Crippen LogP contribution >= 0.6 is 31.9 Å². The van der Waals surface area contributed by atoms with Gasteiger partial charge in [-0.2, -0.15) is 0 Å². The summed E-state index contributed by atoms with van der Waals surface area (Å²) in [5, 5.41) is 3.31. The van der Waals surface area contributed by atoms with Crippen LogP contribution in [-0.2, 0) is 6.54 Å². The zero-order valence-electron chi connectivity index (χ0n) is 8.45. The van der Waals surface area contributed by atoms with Crippen LogP contribution in [0.15, 0.2) is 51.5 Å². The van der Waals surface area contributed by atoms with Crippen molar-refractivity contribution in [1.29, 1.82) is 0 Å². The molecule has 0 saturated heterocycles. The molecule has 0 radical (unpaired) electrons. The maximum absolute atomic E-state index is 4.35. The predicted octanol–water partition coefficient (Wildman–Crippen LogP) is 4.22. The second-order valence-corrected chi connectivity index (χ2v) is 5.04. The maximum Gasteiger partial charge on any atom is 0.106 e. The first-order chi connectivity index (χ1) is 7.74. The molecule has 0 aliphatic carbocycles. The molecular weight excluding hydrogens is 332 g/mol. The fourth-order valence-electron chi connectivity index (χ4n) is 1.31. The summed E-state index contributed by atoms with van der Waals surface area (Å²) in [7, 11) is 0. The summed E-state index contributed by atoms with van der Waals surface area (Å²) in [6, 6.07) is 14.0. The van der Waals surface area contributed by atoms with Crippen molar-refractivity contribution < 1.29 is 0 Å². The lowest BCUT2D eigenvalue weighted by atomic mass is 10.3. The molecular formula is C12H10Br2N2. The van der Waals surface area contributed by atoms with Gasteiger partial charge >= 0.3 is 0 Å². The van der Waals surface area contributed by atoms with Gasteiger partial charge in [0.05, 0.1) is 12.2 Å². The normalized spacial score (nSPS) is 10.1. The first kappa shape index (κ1) is 11.6. The maximum atomic E-state index is 4.35. The number of aromatic nitrogens is 1. The zero-order valence-corrected chi connectivity index (χ0v) is 11.6. The van der Waals surface area contributed by atoms with Crippen LogP contribution < -0.4 is 5.32 Å². The minimum Gasteiger partial charge on any atom is -0.379 e. The number of hydrogen-bond donors (Lipinski definition) is 1. The van der Waals surface area contributed by atoms with Crippen LogP contribution in [0.2, 0.25) is 0 Å². The number of anilines is 1. The van der Waals surface area contributed by atoms with Crippen molar-refractivity contribution in [2.45, 2.75) is 6.54 Å². The molecule has 0 bridgehead atoms. The smallest absolute Gasteiger partial charge is 0.106 e. The van der Waals surface area contributed by atoms with Gasteiger partial charge in [-0.15, -0.1) is 0 Å². The van der Waals surface area contributed by atoms with Crippen LogP contribution in [0.5, 0.6) is 0 Å². The van der Waals surface area contributed by atoms with Crippen molar-refractivity contribution in [3.63, 3.8) is 0 Å². The van der Waals surface area contributed by atoms with Gasteiger partial charge in [0.2, 0.25) is 0 Å². The second-order valence-electron chi connectivity index (χ2n) is 3.31. The number of halogens is 2. The van der Waals surface area contributed by atoms with E-state index in [4.69, 9.17) is 0 Å². The van der Waals surface area contributed by atoms with Gasteiger partial charge in [-0.25, -0.2) is 4.98 Å². The molecule has 4 heteroatoms. The third-order valence-corrected chi connectivity index (χ3v) is 3.06. The van der Waals surface area contributed by atoms with Gasteiger partial charge in [0.15, 0.2) is 0 Å². The van der Waals surface area contributed by atoms with Crippen molar-refractivity contribution in [3.8, 4) is 0 Å². The number of benzene rings is 1. The molecule has 16 heavy (non-hydrogen) atoms. The van der Waals surface area contributed by atoms with E-state index in [1.54, 1.807) is 0 Å². The second kappa shape index (κ2) is 5.46. The van der Waals surface area contributed by atoms with Gasteiger partial charge in [-0.05, 0) is 52.3 Å². The highest BCUT2D eigenvalue weighted by molar-refractivity contribution is 9.10. The monoisotopic (exact) mass is 340 g/mol. The Bertz CT molecular complexity index is 469. The molecule has 2 nitrogen and oxygen atoms in total. The minimum absolute atomic E-state index is 0.723. The molecule has 2 rings (SSSR count). The first-order valence-corrected chi connectivity index (χ1v) is 6.43. The van der Waals surface area contributed by atoms with Gasteiger partial charge in [0.1, 0.15) is 4.60 Å². The van der Waals surface area contributed by atoms with Gasteiger partial charge < -0.3 is 5.32 Å². The highest BCUT2D eigenvalue weighted by atomic mass is 79.9. The topological polar surface area (TPSA) is 24.9 Å². The van der Waals surface area contributed by atoms with E-state index >= 15 is 0 Å². The third-order valence-electron chi connectivity index (χ3n) is 2.09. The molecule has 2 aromatic rings. The van der Waals surface area contributed by atoms with Crippen LogP contribution in [0.4, 0.5) is 5.69 Å². The Hall–Kier alpha value is -0.870. The molecule has 0 atom stereocenters. The Morgan fingerprint density at radius 2 is 1.75 bits per heavy atom. The third kappa shape index (κ3) is 3.32. The lowest BCUT2D eigenvalue weighted by Gasteiger charge is -2.06. The molecule has 1 aromatic heterocycles. The van der Waals surface area contributed by atoms with Crippen LogP contribution in [0.1, 0.15) is 5.69 Å². The number of nitrogens with one attached hydrogen (secondary N) is 1. The largest absolute Gasteiger partial charge is 0.379 e. The van der Waals surface area contributed by atoms with E-state index in [0.29, 0.717) is 0 Å². The summed E-state index contributed by atoms with van der Waals surface area (Å²) < 4.78 is 1.95. The molecule has 0 spiro atoms. The zero-order chi connectivity index (χ0) is 11.4. The Morgan fingerprint density at radius 1 is 1.00 bits per heavy atom. The van der Waals surface area contributed by atoms with Crippen molar-refractivity contribution in [1.82, 2.24) is 4.98 Å². The molecule has 0 fully saturated rings. The summed E-state index contributed by atoms with van der Waals surface area (Å²) in [4.78, 5) is 4.35. The Morgan fingerprint density at radius 3 is 2.44 bits per heavy atom. The standard InChI is InChI=1S/C12H10Br2N2/c13-9-4-6-10(7-5-9)15-8-11-2-1-3-12(14)16-11/h1-7,15H,8H2. The van der Waals surface area contributed by atoms with Crippen LogP contribution in [0.25, 0.3) is 0 Å². The van der Waals surface area contributed by atoms with Gasteiger partial charge in [0.25, 0.3) is 0 Å². The first-order valence-electron chi connectivity index (χ1n) is 4.85. The van der Waals surface area contributed by atoms with Crippen LogP contribution in [0, 0.1) is 0 Å². The summed E-state index contributed by atoms with van der Waals surface area (Å²) in [5.74, 6) is 0. The van der Waals surface area contributed by atoms with E-state index in [1.807, 2.05) is 42.5 Å². The summed E-state index contributed by atoms with van der Waals surface area (Å²) in [6.45, 7) is 0.723. The van der Waals surface area contributed by atoms with Crippen molar-refractivity contribution in [2.24, 2.45) is 0 Å². The van der Waals surface area contributed by atoms with E-state index in [2.05, 4.69) is 42.2 Å². The molecule has 82 valence electrons. The molecule has 0 amide bonds. The lowest BCUT2D eigenvalue weighted by Crippen LogP contribution is -2.01. The van der Waals surface area contributed by atoms with Crippen LogP contribution in [0.3, 0.4) is 0 Å². The van der Waals surface area contributed by atoms with Crippen LogP contribution in [-0.4, -0.2) is 4.98 Å². The predicted molar refractivity (Wildman–Crippen MR) is 73.4 cm³/mol. The SMILES string of the molecule is Brc1ccc(NCc2cccc(Br)n2)cc1. The van der Waals surface area contributed by atoms with E-state index < -0.39 is 0 Å². The minimum atomic E-state index is 0.723. The van der Waals surface area contributed by atoms with Crippen molar-refractivity contribution in [2.75, 3.05) is 5.32 Å². The molecule has 1 heterocycles. The average molecular weight is 342 g/mol. The molecule has 0 unspecified atom stereocenters. The molecule has 0 aliphatic heterocycles. The Kier molecular flexibility index (Phi) is 3.96. The summed E-state index contributed by atoms with van der Waals surface area (Å²) >= 11 is 6.76. The van der Waals surface area contributed by atoms with Gasteiger partial charge in [0, 0.05) is 10.2 Å². The average Bonchev–Trinajstić information content (AvgIpc) is 2.28. The fourth-order valence-corrected chi connectivity index (χ4v) is 1.95. The highest BCUT2D eigenvalue weighted by Crippen LogP contribution is 2.15. The Balaban J connectivity index is 1.99. The number of hydrogen-bond acceptors (Lipinski definition) is 2. The Labute approximate surface area is 111 Å². The fraction of sp³-hybridized carbons (Fsp3) is 0.0833. The molecule has 0 aliphatic rings. The lowest BCUT2D eigenvalue weighted by molar-refractivity contribution is 1.03. The van der Waals surface area contributed by atoms with Gasteiger partial charge in [-0.3, -0.25) is 0 Å². The van der Waals surface area contributed by atoms with E-state index in [-0.39, 0.29) is 0 Å². The van der Waals surface area contributed by atoms with Crippen molar-refractivity contribution >= 4 is 37.5 Å². The number of nitrogens with zero attached hydrogens (tertiary/aromatic N) is 1. The highest BCUT2D eigenvalue weighted by Gasteiger charge is 1.96. The number of rotatable bonds is 3. The summed E-state index contributed by atoms with van der Waals surface area (Å²) in [6.07, 6.45) is 0. The van der Waals surface area contributed by atoms with E-state index in [9.17, 15) is 0 Å². The molecule has 0 saturated carbocycles. The summed E-state index contributed by atoms with van der Waals surface area (Å²) in [5.41, 5.74) is 2.10. The van der Waals surface area contributed by atoms with E-state index in [1.165, 1.54) is 0 Å². The van der Waals surface area contributed by atoms with Crippen molar-refractivity contribution in [3.05, 3.63) is 57.2 Å². The molecule has 1 aromatic carbocycles. The van der Waals surface area contributed by atoms with Gasteiger partial charge in [-0.1, -0.05) is 22.0 Å². The van der Waals surface area contributed by atoms with E-state index in [0.717, 1.165) is 27.0 Å². The molecule has 1 N–H and O–H groups in total.